The molecule has 154 valence electrons. The molecule has 0 fully saturated rings. The zero-order valence-electron chi connectivity index (χ0n) is 16.1. The number of methoxy groups -OCH3 is 1. The molecule has 1 aliphatic carbocycles. The van der Waals surface area contributed by atoms with Crippen molar-refractivity contribution in [3.05, 3.63) is 53.3 Å². The van der Waals surface area contributed by atoms with E-state index in [2.05, 4.69) is 15.6 Å². The summed E-state index contributed by atoms with van der Waals surface area (Å²) < 4.78 is 5.17. The second-order valence-corrected chi connectivity index (χ2v) is 7.75. The third-order valence-corrected chi connectivity index (χ3v) is 5.68. The number of aliphatic imine (C=N–C) groups is 1. The Morgan fingerprint density at radius 3 is 2.62 bits per heavy atom. The summed E-state index contributed by atoms with van der Waals surface area (Å²) in [6.45, 7) is 0.0933. The van der Waals surface area contributed by atoms with Gasteiger partial charge in [0.2, 0.25) is 11.8 Å². The Morgan fingerprint density at radius 2 is 2.03 bits per heavy atom. The number of amides is 2. The number of nitrogens with one attached hydrogen (secondary N) is 2. The number of primary amides is 1. The summed E-state index contributed by atoms with van der Waals surface area (Å²) >= 11 is 1.25. The molecular formula is C20H24N4O4S. The van der Waals surface area contributed by atoms with Gasteiger partial charge in [0.25, 0.3) is 0 Å². The number of nitrogens with zero attached hydrogens (tertiary/aromatic N) is 1. The first-order valence-corrected chi connectivity index (χ1v) is 10.1. The molecule has 2 unspecified atom stereocenters. The lowest BCUT2D eigenvalue weighted by Gasteiger charge is -2.19. The summed E-state index contributed by atoms with van der Waals surface area (Å²) in [6.07, 6.45) is 5.31. The average Bonchev–Trinajstić information content (AvgIpc) is 3.12. The van der Waals surface area contributed by atoms with E-state index >= 15 is 0 Å². The monoisotopic (exact) mass is 416 g/mol. The number of benzene rings is 1. The van der Waals surface area contributed by atoms with Gasteiger partial charge in [0.1, 0.15) is 5.37 Å². The second kappa shape index (κ2) is 9.62. The molecule has 1 aromatic carbocycles. The first-order chi connectivity index (χ1) is 14.0. The highest BCUT2D eigenvalue weighted by Gasteiger charge is 2.36. The molecule has 2 aliphatic rings. The topological polar surface area (TPSA) is 126 Å². The van der Waals surface area contributed by atoms with E-state index in [0.717, 1.165) is 17.0 Å². The molecule has 9 heteroatoms. The zero-order chi connectivity index (χ0) is 20.8. The van der Waals surface area contributed by atoms with Crippen molar-refractivity contribution in [2.75, 3.05) is 19.0 Å². The number of amidine groups is 1. The maximum Gasteiger partial charge on any atom is 0.248 e. The summed E-state index contributed by atoms with van der Waals surface area (Å²) in [5.74, 6) is -0.0197. The van der Waals surface area contributed by atoms with Crippen LogP contribution in [0.5, 0.6) is 0 Å². The lowest BCUT2D eigenvalue weighted by Crippen LogP contribution is -2.45. The number of anilines is 1. The molecule has 8 nitrogen and oxygen atoms in total. The van der Waals surface area contributed by atoms with Crippen LogP contribution < -0.4 is 16.4 Å². The smallest absolute Gasteiger partial charge is 0.248 e. The van der Waals surface area contributed by atoms with Crippen LogP contribution in [-0.2, 0) is 20.7 Å². The van der Waals surface area contributed by atoms with Gasteiger partial charge in [0.15, 0.2) is 11.2 Å². The van der Waals surface area contributed by atoms with E-state index in [4.69, 9.17) is 15.6 Å². The van der Waals surface area contributed by atoms with Gasteiger partial charge in [0, 0.05) is 24.3 Å². The van der Waals surface area contributed by atoms with E-state index in [9.17, 15) is 9.59 Å². The van der Waals surface area contributed by atoms with Gasteiger partial charge >= 0.3 is 0 Å². The summed E-state index contributed by atoms with van der Waals surface area (Å²) in [5.41, 5.74) is 7.92. The largest absolute Gasteiger partial charge is 0.501 e. The number of hydrogen-bond donors (Lipinski definition) is 4. The van der Waals surface area contributed by atoms with Crippen molar-refractivity contribution in [1.29, 1.82) is 0 Å². The summed E-state index contributed by atoms with van der Waals surface area (Å²) in [7, 11) is 1.60. The SMILES string of the molecule is COC1=CC=C(C(=O)NC2SC(Nc3ccc(CCO)cc3)=NC2C(N)=O)CC1. The molecule has 2 atom stereocenters. The molecule has 0 saturated carbocycles. The standard InChI is InChI=1S/C20H24N4O4S/c1-28-15-8-4-13(5-9-15)18(27)24-19-16(17(21)26)23-20(29-19)22-14-6-2-12(3-7-14)10-11-25/h2-4,6-8,16,19,25H,5,9-11H2,1H3,(H2,21,26)(H,22,23)(H,24,27). The van der Waals surface area contributed by atoms with Crippen molar-refractivity contribution < 1.29 is 19.4 Å². The highest BCUT2D eigenvalue weighted by Crippen LogP contribution is 2.27. The molecule has 0 aromatic heterocycles. The molecular weight excluding hydrogens is 392 g/mol. The predicted molar refractivity (Wildman–Crippen MR) is 113 cm³/mol. The van der Waals surface area contributed by atoms with Gasteiger partial charge in [-0.05, 0) is 36.6 Å². The van der Waals surface area contributed by atoms with Crippen molar-refractivity contribution in [3.8, 4) is 0 Å². The van der Waals surface area contributed by atoms with Gasteiger partial charge in [-0.25, -0.2) is 4.99 Å². The minimum Gasteiger partial charge on any atom is -0.501 e. The highest BCUT2D eigenvalue weighted by molar-refractivity contribution is 8.15. The lowest BCUT2D eigenvalue weighted by atomic mass is 10.0. The Bertz CT molecular complexity index is 864. The average molecular weight is 417 g/mol. The fourth-order valence-corrected chi connectivity index (χ4v) is 4.08. The van der Waals surface area contributed by atoms with Crippen LogP contribution in [0.3, 0.4) is 0 Å². The Balaban J connectivity index is 1.64. The van der Waals surface area contributed by atoms with Crippen LogP contribution in [-0.4, -0.2) is 47.2 Å². The van der Waals surface area contributed by atoms with E-state index in [0.29, 0.717) is 30.0 Å². The molecule has 1 aliphatic heterocycles. The first kappa shape index (κ1) is 20.9. The minimum absolute atomic E-state index is 0.0933. The Kier molecular flexibility index (Phi) is 6.95. The molecule has 1 heterocycles. The number of aliphatic hydroxyl groups is 1. The number of carbonyl (C=O) groups excluding carboxylic acids is 2. The maximum atomic E-state index is 12.6. The van der Waals surface area contributed by atoms with Crippen molar-refractivity contribution in [3.63, 3.8) is 0 Å². The molecule has 2 amide bonds. The number of nitrogens with two attached hydrogens (primary N) is 1. The normalized spacial score (nSPS) is 21.0. The van der Waals surface area contributed by atoms with Crippen LogP contribution in [0.15, 0.2) is 52.7 Å². The number of thioether (sulfide) groups is 1. The van der Waals surface area contributed by atoms with Gasteiger partial charge in [0.05, 0.1) is 12.9 Å². The number of aliphatic hydroxyl groups excluding tert-OH is 1. The van der Waals surface area contributed by atoms with Crippen LogP contribution in [0, 0.1) is 0 Å². The zero-order valence-corrected chi connectivity index (χ0v) is 16.9. The van der Waals surface area contributed by atoms with Gasteiger partial charge in [-0.3, -0.25) is 9.59 Å². The third kappa shape index (κ3) is 5.39. The van der Waals surface area contributed by atoms with Crippen molar-refractivity contribution in [2.24, 2.45) is 10.7 Å². The number of carbonyl (C=O) groups is 2. The van der Waals surface area contributed by atoms with E-state index < -0.39 is 17.3 Å². The lowest BCUT2D eigenvalue weighted by molar-refractivity contribution is -0.120. The number of ether oxygens (including phenoxy) is 1. The van der Waals surface area contributed by atoms with Crippen LogP contribution in [0.2, 0.25) is 0 Å². The van der Waals surface area contributed by atoms with Crippen LogP contribution in [0.1, 0.15) is 18.4 Å². The molecule has 0 saturated heterocycles. The van der Waals surface area contributed by atoms with Crippen LogP contribution in [0.4, 0.5) is 5.69 Å². The number of rotatable bonds is 7. The van der Waals surface area contributed by atoms with Crippen molar-refractivity contribution in [1.82, 2.24) is 5.32 Å². The number of hydrogen-bond acceptors (Lipinski definition) is 7. The predicted octanol–water partition coefficient (Wildman–Crippen LogP) is 1.28. The first-order valence-electron chi connectivity index (χ1n) is 9.25. The van der Waals surface area contributed by atoms with E-state index in [1.54, 1.807) is 19.3 Å². The Hall–Kier alpha value is -2.78. The van der Waals surface area contributed by atoms with E-state index in [-0.39, 0.29) is 12.5 Å². The quantitative estimate of drug-likeness (QED) is 0.531. The molecule has 1 aromatic rings. The summed E-state index contributed by atoms with van der Waals surface area (Å²) in [6, 6.07) is 6.69. The third-order valence-electron chi connectivity index (χ3n) is 4.62. The maximum absolute atomic E-state index is 12.6. The molecule has 5 N–H and O–H groups in total. The summed E-state index contributed by atoms with van der Waals surface area (Å²) in [4.78, 5) is 28.7. The summed E-state index contributed by atoms with van der Waals surface area (Å²) in [5, 5.41) is 14.9. The van der Waals surface area contributed by atoms with Crippen molar-refractivity contribution >= 4 is 34.4 Å². The minimum atomic E-state index is -0.852. The van der Waals surface area contributed by atoms with Crippen molar-refractivity contribution in [2.45, 2.75) is 30.7 Å². The molecule has 0 bridgehead atoms. The molecule has 3 rings (SSSR count). The Labute approximate surface area is 173 Å². The van der Waals surface area contributed by atoms with Gasteiger partial charge < -0.3 is 26.2 Å². The molecule has 0 radical (unpaired) electrons. The molecule has 0 spiro atoms. The Morgan fingerprint density at radius 1 is 1.28 bits per heavy atom. The van der Waals surface area contributed by atoms with E-state index in [1.165, 1.54) is 11.8 Å². The van der Waals surface area contributed by atoms with E-state index in [1.807, 2.05) is 24.3 Å². The second-order valence-electron chi connectivity index (χ2n) is 6.62. The van der Waals surface area contributed by atoms with Gasteiger partial charge in [-0.15, -0.1) is 0 Å². The highest BCUT2D eigenvalue weighted by atomic mass is 32.2. The van der Waals surface area contributed by atoms with Crippen LogP contribution >= 0.6 is 11.8 Å². The van der Waals surface area contributed by atoms with Gasteiger partial charge in [-0.1, -0.05) is 30.0 Å². The fraction of sp³-hybridized carbons (Fsp3) is 0.350. The number of allylic oxidation sites excluding steroid dienone is 3. The van der Waals surface area contributed by atoms with Gasteiger partial charge in [-0.2, -0.15) is 0 Å². The molecule has 29 heavy (non-hydrogen) atoms. The fourth-order valence-electron chi connectivity index (χ4n) is 3.00. The van der Waals surface area contributed by atoms with Crippen LogP contribution in [0.25, 0.3) is 0 Å².